The minimum absolute atomic E-state index is 0.172. The summed E-state index contributed by atoms with van der Waals surface area (Å²) < 4.78 is 2.38. The van der Waals surface area contributed by atoms with Crippen LogP contribution in [0.3, 0.4) is 0 Å². The zero-order chi connectivity index (χ0) is 23.3. The molecule has 1 saturated carbocycles. The zero-order valence-corrected chi connectivity index (χ0v) is 20.1. The Labute approximate surface area is 203 Å². The maximum atomic E-state index is 13.3. The van der Waals surface area contributed by atoms with Crippen LogP contribution in [0.4, 0.5) is 23.4 Å². The molecule has 1 aliphatic heterocycles. The largest absolute Gasteiger partial charge is 0.325 e. The SMILES string of the molecule is C[C@@]1(C(=O)Nc2cnc(Br)cn2)CCCN1c1nc(Nc2cc(C3CC3)[nH]n2)c2cccn2n1. The van der Waals surface area contributed by atoms with Gasteiger partial charge in [-0.2, -0.15) is 10.1 Å². The lowest BCUT2D eigenvalue weighted by Crippen LogP contribution is -2.52. The van der Waals surface area contributed by atoms with E-state index < -0.39 is 5.54 Å². The Balaban J connectivity index is 1.31. The summed E-state index contributed by atoms with van der Waals surface area (Å²) in [5.41, 5.74) is 1.14. The van der Waals surface area contributed by atoms with Crippen molar-refractivity contribution in [2.45, 2.75) is 44.1 Å². The Bertz CT molecular complexity index is 1360. The topological polar surface area (TPSA) is 129 Å². The van der Waals surface area contributed by atoms with Crippen molar-refractivity contribution in [1.29, 1.82) is 0 Å². The van der Waals surface area contributed by atoms with E-state index in [1.54, 1.807) is 10.7 Å². The highest BCUT2D eigenvalue weighted by Crippen LogP contribution is 2.40. The minimum atomic E-state index is -0.835. The van der Waals surface area contributed by atoms with Crippen LogP contribution in [0.25, 0.3) is 5.52 Å². The summed E-state index contributed by atoms with van der Waals surface area (Å²) in [5.74, 6) is 2.63. The summed E-state index contributed by atoms with van der Waals surface area (Å²) in [4.78, 5) is 28.5. The van der Waals surface area contributed by atoms with Gasteiger partial charge in [0.15, 0.2) is 17.5 Å². The number of hydrogen-bond acceptors (Lipinski definition) is 8. The molecule has 2 aliphatic rings. The van der Waals surface area contributed by atoms with Crippen LogP contribution in [0.15, 0.2) is 41.4 Å². The monoisotopic (exact) mass is 522 g/mol. The summed E-state index contributed by atoms with van der Waals surface area (Å²) in [6, 6.07) is 5.90. The first-order chi connectivity index (χ1) is 16.5. The fourth-order valence-electron chi connectivity index (χ4n) is 4.40. The van der Waals surface area contributed by atoms with E-state index in [-0.39, 0.29) is 5.91 Å². The lowest BCUT2D eigenvalue weighted by Gasteiger charge is -2.33. The fraction of sp³-hybridized carbons (Fsp3) is 0.364. The molecule has 12 heteroatoms. The quantitative estimate of drug-likeness (QED) is 0.350. The van der Waals surface area contributed by atoms with Crippen LogP contribution in [-0.2, 0) is 4.79 Å². The molecule has 1 atom stereocenters. The van der Waals surface area contributed by atoms with E-state index in [2.05, 4.69) is 46.7 Å². The number of carbonyl (C=O) groups excluding carboxylic acids is 1. The highest BCUT2D eigenvalue weighted by Gasteiger charge is 2.45. The molecule has 1 aliphatic carbocycles. The molecule has 2 fully saturated rings. The second kappa shape index (κ2) is 8.05. The second-order valence-electron chi connectivity index (χ2n) is 8.91. The molecule has 6 rings (SSSR count). The Hall–Kier alpha value is -3.54. The number of hydrogen-bond donors (Lipinski definition) is 3. The van der Waals surface area contributed by atoms with Gasteiger partial charge >= 0.3 is 0 Å². The van der Waals surface area contributed by atoms with Crippen LogP contribution < -0.4 is 15.5 Å². The van der Waals surface area contributed by atoms with Crippen molar-refractivity contribution in [3.63, 3.8) is 0 Å². The highest BCUT2D eigenvalue weighted by atomic mass is 79.9. The van der Waals surface area contributed by atoms with Gasteiger partial charge < -0.3 is 15.5 Å². The number of H-pyrrole nitrogens is 1. The molecule has 3 N–H and O–H groups in total. The van der Waals surface area contributed by atoms with Gasteiger partial charge in [-0.25, -0.2) is 14.5 Å². The number of rotatable bonds is 6. The molecule has 0 spiro atoms. The van der Waals surface area contributed by atoms with Gasteiger partial charge in [0.25, 0.3) is 5.91 Å². The molecule has 0 bridgehead atoms. The van der Waals surface area contributed by atoms with E-state index in [1.165, 1.54) is 19.0 Å². The summed E-state index contributed by atoms with van der Waals surface area (Å²) >= 11 is 3.26. The minimum Gasteiger partial charge on any atom is -0.325 e. The van der Waals surface area contributed by atoms with Crippen molar-refractivity contribution in [3.8, 4) is 0 Å². The van der Waals surface area contributed by atoms with Crippen LogP contribution in [0.2, 0.25) is 0 Å². The second-order valence-corrected chi connectivity index (χ2v) is 9.73. The molecular formula is C22H23BrN10O. The van der Waals surface area contributed by atoms with Crippen LogP contribution in [0.1, 0.15) is 44.2 Å². The number of amides is 1. The molecule has 174 valence electrons. The first-order valence-electron chi connectivity index (χ1n) is 11.2. The Morgan fingerprint density at radius 2 is 2.15 bits per heavy atom. The Morgan fingerprint density at radius 1 is 1.26 bits per heavy atom. The summed E-state index contributed by atoms with van der Waals surface area (Å²) in [6.45, 7) is 2.57. The first kappa shape index (κ1) is 21.0. The number of aromatic nitrogens is 7. The number of anilines is 4. The summed E-state index contributed by atoms with van der Waals surface area (Å²) in [5, 5.41) is 18.5. The number of fused-ring (bicyclic) bond motifs is 1. The van der Waals surface area contributed by atoms with Crippen LogP contribution in [0, 0.1) is 0 Å². The van der Waals surface area contributed by atoms with Crippen molar-refractivity contribution < 1.29 is 4.79 Å². The average molecular weight is 523 g/mol. The van der Waals surface area contributed by atoms with Crippen molar-refractivity contribution in [1.82, 2.24) is 34.8 Å². The van der Waals surface area contributed by atoms with E-state index in [0.717, 1.165) is 17.6 Å². The molecule has 11 nitrogen and oxygen atoms in total. The van der Waals surface area contributed by atoms with Crippen molar-refractivity contribution in [2.75, 3.05) is 22.1 Å². The van der Waals surface area contributed by atoms with Gasteiger partial charge in [0.1, 0.15) is 15.7 Å². The number of nitrogens with zero attached hydrogens (tertiary/aromatic N) is 7. The summed E-state index contributed by atoms with van der Waals surface area (Å²) in [7, 11) is 0. The molecule has 0 unspecified atom stereocenters. The fourth-order valence-corrected chi connectivity index (χ4v) is 4.61. The van der Waals surface area contributed by atoms with Crippen LogP contribution in [0.5, 0.6) is 0 Å². The third kappa shape index (κ3) is 3.77. The van der Waals surface area contributed by atoms with Crippen molar-refractivity contribution >= 4 is 50.8 Å². The van der Waals surface area contributed by atoms with E-state index in [1.807, 2.05) is 36.2 Å². The standard InChI is InChI=1S/C22H23BrN10O/c1-22(20(34)27-18-12-24-16(23)11-25-18)7-3-8-32(22)21-28-19(15-4-2-9-33(15)31-21)26-17-10-14(29-30-17)13-5-6-13/h2,4,9-13H,3,5-8H2,1H3,(H,25,27,34)(H2,26,28,29,30,31)/t22-/m0/s1. The molecule has 4 aromatic heterocycles. The molecule has 1 amide bonds. The van der Waals surface area contributed by atoms with Crippen molar-refractivity contribution in [3.05, 3.63) is 47.1 Å². The molecule has 5 heterocycles. The van der Waals surface area contributed by atoms with Crippen LogP contribution in [-0.4, -0.2) is 52.8 Å². The number of aromatic amines is 1. The summed E-state index contributed by atoms with van der Waals surface area (Å²) in [6.07, 6.45) is 8.85. The molecule has 1 saturated heterocycles. The van der Waals surface area contributed by atoms with E-state index in [9.17, 15) is 4.79 Å². The predicted molar refractivity (Wildman–Crippen MR) is 130 cm³/mol. The van der Waals surface area contributed by atoms with Crippen LogP contribution >= 0.6 is 15.9 Å². The molecule has 0 radical (unpaired) electrons. The van der Waals surface area contributed by atoms with Gasteiger partial charge in [-0.1, -0.05) is 0 Å². The maximum absolute atomic E-state index is 13.3. The van der Waals surface area contributed by atoms with Gasteiger partial charge in [0.2, 0.25) is 5.95 Å². The van der Waals surface area contributed by atoms with Gasteiger partial charge in [-0.3, -0.25) is 9.89 Å². The number of carbonyl (C=O) groups is 1. The molecule has 4 aromatic rings. The van der Waals surface area contributed by atoms with Crippen molar-refractivity contribution in [2.24, 2.45) is 0 Å². The third-order valence-corrected chi connectivity index (χ3v) is 6.88. The van der Waals surface area contributed by atoms with Gasteiger partial charge in [-0.05, 0) is 60.7 Å². The Kier molecular flexibility index (Phi) is 4.97. The highest BCUT2D eigenvalue weighted by molar-refractivity contribution is 9.10. The average Bonchev–Trinajstić information content (AvgIpc) is 3.20. The predicted octanol–water partition coefficient (Wildman–Crippen LogP) is 3.62. The number of halogens is 1. The lowest BCUT2D eigenvalue weighted by molar-refractivity contribution is -0.120. The zero-order valence-electron chi connectivity index (χ0n) is 18.5. The first-order valence-corrected chi connectivity index (χ1v) is 12.0. The lowest BCUT2D eigenvalue weighted by atomic mass is 9.98. The molecule has 34 heavy (non-hydrogen) atoms. The smallest absolute Gasteiger partial charge is 0.251 e. The molecular weight excluding hydrogens is 500 g/mol. The van der Waals surface area contributed by atoms with Gasteiger partial charge in [0, 0.05) is 30.4 Å². The van der Waals surface area contributed by atoms with Gasteiger partial charge in [-0.15, -0.1) is 5.10 Å². The third-order valence-electron chi connectivity index (χ3n) is 6.47. The van der Waals surface area contributed by atoms with Gasteiger partial charge in [0.05, 0.1) is 12.4 Å². The van der Waals surface area contributed by atoms with E-state index >= 15 is 0 Å². The normalized spacial score (nSPS) is 20.1. The van der Waals surface area contributed by atoms with E-state index in [4.69, 9.17) is 10.1 Å². The molecule has 0 aromatic carbocycles. The van der Waals surface area contributed by atoms with E-state index in [0.29, 0.717) is 46.9 Å². The number of nitrogens with one attached hydrogen (secondary N) is 3. The maximum Gasteiger partial charge on any atom is 0.251 e. The Morgan fingerprint density at radius 3 is 2.94 bits per heavy atom.